The van der Waals surface area contributed by atoms with Crippen LogP contribution in [0.1, 0.15) is 19.3 Å². The monoisotopic (exact) mass is 394 g/mol. The van der Waals surface area contributed by atoms with E-state index in [2.05, 4.69) is 15.9 Å². The summed E-state index contributed by atoms with van der Waals surface area (Å²) in [5.41, 5.74) is 0.764. The summed E-state index contributed by atoms with van der Waals surface area (Å²) in [4.78, 5) is 39.8. The van der Waals surface area contributed by atoms with Gasteiger partial charge in [0.05, 0.1) is 11.6 Å². The number of hydrogen-bond acceptors (Lipinski definition) is 3. The molecule has 7 heteroatoms. The first-order valence-corrected chi connectivity index (χ1v) is 8.86. The van der Waals surface area contributed by atoms with Crippen LogP contribution in [0.15, 0.2) is 28.7 Å². The number of nitrogens with zero attached hydrogens (tertiary/aromatic N) is 2. The van der Waals surface area contributed by atoms with Gasteiger partial charge in [0.2, 0.25) is 11.8 Å². The molecule has 0 unspecified atom stereocenters. The normalized spacial score (nSPS) is 24.3. The van der Waals surface area contributed by atoms with Crippen LogP contribution in [0.2, 0.25) is 0 Å². The summed E-state index contributed by atoms with van der Waals surface area (Å²) < 4.78 is 0.815. The van der Waals surface area contributed by atoms with E-state index in [0.717, 1.165) is 10.2 Å². The molecule has 6 nitrogen and oxygen atoms in total. The molecule has 2 fully saturated rings. The molecule has 2 aliphatic rings. The molecule has 2 amide bonds. The van der Waals surface area contributed by atoms with Gasteiger partial charge in [0.15, 0.2) is 0 Å². The fourth-order valence-electron chi connectivity index (χ4n) is 3.42. The summed E-state index contributed by atoms with van der Waals surface area (Å²) in [5.74, 6) is -2.55. The zero-order valence-corrected chi connectivity index (χ0v) is 14.7. The third-order valence-electron chi connectivity index (χ3n) is 4.73. The smallest absolute Gasteiger partial charge is 0.308 e. The second kappa shape index (κ2) is 6.93. The van der Waals surface area contributed by atoms with Crippen LogP contribution in [0, 0.1) is 11.8 Å². The largest absolute Gasteiger partial charge is 0.481 e. The Kier molecular flexibility index (Phi) is 4.89. The van der Waals surface area contributed by atoms with Crippen LogP contribution in [0.4, 0.5) is 5.69 Å². The lowest BCUT2D eigenvalue weighted by molar-refractivity contribution is -0.147. The quantitative estimate of drug-likeness (QED) is 0.796. The Morgan fingerprint density at radius 1 is 1.17 bits per heavy atom. The van der Waals surface area contributed by atoms with Crippen molar-refractivity contribution >= 4 is 39.4 Å². The van der Waals surface area contributed by atoms with E-state index >= 15 is 0 Å². The molecule has 24 heavy (non-hydrogen) atoms. The number of carbonyl (C=O) groups excluding carboxylic acids is 2. The van der Waals surface area contributed by atoms with Crippen LogP contribution >= 0.6 is 15.9 Å². The molecule has 1 aromatic rings. The summed E-state index contributed by atoms with van der Waals surface area (Å²) >= 11 is 3.44. The fourth-order valence-corrected chi connectivity index (χ4v) is 3.92. The summed E-state index contributed by atoms with van der Waals surface area (Å²) in [7, 11) is 0. The number of carbonyl (C=O) groups is 3. The van der Waals surface area contributed by atoms with Crippen molar-refractivity contribution in [2.45, 2.75) is 19.3 Å². The van der Waals surface area contributed by atoms with Crippen molar-refractivity contribution < 1.29 is 19.5 Å². The minimum absolute atomic E-state index is 0.201. The van der Waals surface area contributed by atoms with Gasteiger partial charge < -0.3 is 14.9 Å². The van der Waals surface area contributed by atoms with E-state index in [0.29, 0.717) is 32.4 Å². The topological polar surface area (TPSA) is 77.9 Å². The Bertz CT molecular complexity index is 678. The lowest BCUT2D eigenvalue weighted by atomic mass is 9.96. The van der Waals surface area contributed by atoms with Gasteiger partial charge in [-0.1, -0.05) is 12.1 Å². The minimum atomic E-state index is -0.875. The van der Waals surface area contributed by atoms with Crippen LogP contribution in [-0.4, -0.2) is 47.4 Å². The van der Waals surface area contributed by atoms with Gasteiger partial charge in [-0.3, -0.25) is 14.4 Å². The zero-order chi connectivity index (χ0) is 17.3. The second-order valence-electron chi connectivity index (χ2n) is 6.24. The molecule has 128 valence electrons. The number of anilines is 1. The first kappa shape index (κ1) is 17.0. The lowest BCUT2D eigenvalue weighted by Gasteiger charge is -2.32. The lowest BCUT2D eigenvalue weighted by Crippen LogP contribution is -2.46. The maximum Gasteiger partial charge on any atom is 0.308 e. The van der Waals surface area contributed by atoms with E-state index in [1.807, 2.05) is 24.3 Å². The number of rotatable bonds is 3. The number of benzene rings is 1. The predicted octanol–water partition coefficient (Wildman–Crippen LogP) is 2.13. The van der Waals surface area contributed by atoms with E-state index in [-0.39, 0.29) is 18.4 Å². The maximum atomic E-state index is 12.7. The number of likely N-dealkylation sites (tertiary alicyclic amines) is 1. The van der Waals surface area contributed by atoms with E-state index < -0.39 is 17.8 Å². The molecule has 2 heterocycles. The number of aliphatic carboxylic acids is 1. The molecule has 2 atom stereocenters. The van der Waals surface area contributed by atoms with Gasteiger partial charge in [-0.25, -0.2) is 0 Å². The molecular formula is C17H19BrN2O4. The van der Waals surface area contributed by atoms with Crippen molar-refractivity contribution in [2.75, 3.05) is 24.5 Å². The molecule has 0 spiro atoms. The van der Waals surface area contributed by atoms with Crippen molar-refractivity contribution in [2.24, 2.45) is 11.8 Å². The zero-order valence-electron chi connectivity index (χ0n) is 13.2. The molecule has 3 rings (SSSR count). The number of piperidine rings is 1. The number of hydrogen-bond donors (Lipinski definition) is 1. The summed E-state index contributed by atoms with van der Waals surface area (Å²) in [5, 5.41) is 9.16. The highest BCUT2D eigenvalue weighted by Gasteiger charge is 2.41. The molecule has 2 saturated heterocycles. The standard InChI is InChI=1S/C17H19BrN2O4/c18-13-5-1-2-6-14(13)20-9-7-12(16(20)22)15(21)19-8-3-4-11(10-19)17(23)24/h1-2,5-6,11-12H,3-4,7-10H2,(H,23,24)/t11-,12-/m1/s1. The van der Waals surface area contributed by atoms with Gasteiger partial charge in [-0.05, 0) is 47.3 Å². The Hall–Kier alpha value is -1.89. The molecule has 0 bridgehead atoms. The van der Waals surface area contributed by atoms with Crippen molar-refractivity contribution in [1.82, 2.24) is 4.90 Å². The Labute approximate surface area is 148 Å². The van der Waals surface area contributed by atoms with Crippen LogP contribution < -0.4 is 4.90 Å². The minimum Gasteiger partial charge on any atom is -0.481 e. The predicted molar refractivity (Wildman–Crippen MR) is 91.5 cm³/mol. The Morgan fingerprint density at radius 3 is 2.62 bits per heavy atom. The van der Waals surface area contributed by atoms with Crippen molar-refractivity contribution in [3.8, 4) is 0 Å². The highest BCUT2D eigenvalue weighted by Crippen LogP contribution is 2.32. The van der Waals surface area contributed by atoms with Crippen molar-refractivity contribution in [1.29, 1.82) is 0 Å². The first-order valence-electron chi connectivity index (χ1n) is 8.06. The summed E-state index contributed by atoms with van der Waals surface area (Å²) in [6.07, 6.45) is 1.71. The third-order valence-corrected chi connectivity index (χ3v) is 5.40. The maximum absolute atomic E-state index is 12.7. The Morgan fingerprint density at radius 2 is 1.92 bits per heavy atom. The molecule has 1 aromatic carbocycles. The van der Waals surface area contributed by atoms with Gasteiger partial charge in [0.25, 0.3) is 0 Å². The van der Waals surface area contributed by atoms with E-state index in [9.17, 15) is 14.4 Å². The molecule has 0 saturated carbocycles. The fraction of sp³-hybridized carbons (Fsp3) is 0.471. The van der Waals surface area contributed by atoms with E-state index in [4.69, 9.17) is 5.11 Å². The molecule has 0 radical (unpaired) electrons. The second-order valence-corrected chi connectivity index (χ2v) is 7.10. The highest BCUT2D eigenvalue weighted by atomic mass is 79.9. The van der Waals surface area contributed by atoms with Crippen molar-refractivity contribution in [3.63, 3.8) is 0 Å². The van der Waals surface area contributed by atoms with Gasteiger partial charge in [-0.15, -0.1) is 0 Å². The number of carboxylic acid groups (broad SMARTS) is 1. The first-order chi connectivity index (χ1) is 11.5. The van der Waals surface area contributed by atoms with Crippen LogP contribution in [0.5, 0.6) is 0 Å². The molecule has 1 N–H and O–H groups in total. The average molecular weight is 395 g/mol. The number of carboxylic acids is 1. The molecule has 2 aliphatic heterocycles. The number of para-hydroxylation sites is 1. The SMILES string of the molecule is O=C(O)[C@@H]1CCCN(C(=O)[C@H]2CCN(c3ccccc3Br)C2=O)C1. The average Bonchev–Trinajstić information content (AvgIpc) is 2.96. The Balaban J connectivity index is 1.72. The molecule has 0 aromatic heterocycles. The van der Waals surface area contributed by atoms with Gasteiger partial charge in [-0.2, -0.15) is 0 Å². The number of amides is 2. The van der Waals surface area contributed by atoms with Crippen LogP contribution in [0.3, 0.4) is 0 Å². The summed E-state index contributed by atoms with van der Waals surface area (Å²) in [6, 6.07) is 7.43. The number of halogens is 1. The summed E-state index contributed by atoms with van der Waals surface area (Å²) in [6.45, 7) is 1.22. The van der Waals surface area contributed by atoms with E-state index in [1.54, 1.807) is 9.80 Å². The van der Waals surface area contributed by atoms with Crippen molar-refractivity contribution in [3.05, 3.63) is 28.7 Å². The third kappa shape index (κ3) is 3.17. The van der Waals surface area contributed by atoms with Gasteiger partial charge >= 0.3 is 5.97 Å². The van der Waals surface area contributed by atoms with E-state index in [1.165, 1.54) is 0 Å². The highest BCUT2D eigenvalue weighted by molar-refractivity contribution is 9.10. The van der Waals surface area contributed by atoms with Crippen LogP contribution in [-0.2, 0) is 14.4 Å². The van der Waals surface area contributed by atoms with Gasteiger partial charge in [0, 0.05) is 24.1 Å². The van der Waals surface area contributed by atoms with Gasteiger partial charge in [0.1, 0.15) is 5.92 Å². The molecular weight excluding hydrogens is 376 g/mol. The van der Waals surface area contributed by atoms with Crippen LogP contribution in [0.25, 0.3) is 0 Å². The molecule has 0 aliphatic carbocycles.